The number of nitrogens with zero attached hydrogens (tertiary/aromatic N) is 4. The highest BCUT2D eigenvalue weighted by molar-refractivity contribution is 7.99. The number of ether oxygens (including phenoxy) is 1. The fourth-order valence-electron chi connectivity index (χ4n) is 4.63. The van der Waals surface area contributed by atoms with Crippen LogP contribution in [0.15, 0.2) is 71.9 Å². The maximum atomic E-state index is 13.3. The van der Waals surface area contributed by atoms with E-state index in [0.29, 0.717) is 28.3 Å². The average molecular weight is 576 g/mol. The second-order valence-corrected chi connectivity index (χ2v) is 10.9. The highest BCUT2D eigenvalue weighted by Crippen LogP contribution is 2.30. The lowest BCUT2D eigenvalue weighted by Crippen LogP contribution is -2.36. The molecule has 0 radical (unpaired) electrons. The number of hydrogen-bond donors (Lipinski definition) is 1. The van der Waals surface area contributed by atoms with Gasteiger partial charge >= 0.3 is 0 Å². The Kier molecular flexibility index (Phi) is 8.72. The molecule has 0 aliphatic carbocycles. The van der Waals surface area contributed by atoms with Crippen LogP contribution in [0.3, 0.4) is 0 Å². The molecule has 0 unspecified atom stereocenters. The van der Waals surface area contributed by atoms with Gasteiger partial charge in [-0.3, -0.25) is 14.2 Å². The zero-order valence-corrected chi connectivity index (χ0v) is 24.0. The van der Waals surface area contributed by atoms with Gasteiger partial charge in [-0.15, -0.1) is 10.2 Å². The van der Waals surface area contributed by atoms with E-state index in [1.165, 1.54) is 17.3 Å². The first kappa shape index (κ1) is 27.7. The van der Waals surface area contributed by atoms with Gasteiger partial charge in [-0.1, -0.05) is 53.7 Å². The van der Waals surface area contributed by atoms with E-state index in [9.17, 15) is 9.59 Å². The van der Waals surface area contributed by atoms with E-state index in [1.54, 1.807) is 24.3 Å². The fourth-order valence-corrected chi connectivity index (χ4v) is 5.60. The van der Waals surface area contributed by atoms with Crippen LogP contribution in [0, 0.1) is 13.8 Å². The monoisotopic (exact) mass is 575 g/mol. The summed E-state index contributed by atoms with van der Waals surface area (Å²) in [5.41, 5.74) is 5.28. The number of para-hydroxylation sites is 1. The molecular formula is C30H30ClN5O3S. The van der Waals surface area contributed by atoms with Crippen molar-refractivity contribution in [2.24, 2.45) is 0 Å². The summed E-state index contributed by atoms with van der Waals surface area (Å²) >= 11 is 7.25. The Hall–Kier alpha value is -3.82. The number of fused-ring (bicyclic) bond motifs is 1. The molecule has 10 heteroatoms. The molecule has 0 saturated carbocycles. The van der Waals surface area contributed by atoms with Crippen LogP contribution in [0.25, 0.3) is 5.69 Å². The number of hydrogen-bond acceptors (Lipinski definition) is 6. The van der Waals surface area contributed by atoms with Crippen LogP contribution >= 0.6 is 23.4 Å². The Morgan fingerprint density at radius 3 is 2.60 bits per heavy atom. The lowest BCUT2D eigenvalue weighted by molar-refractivity contribution is -0.123. The second kappa shape index (κ2) is 12.6. The fraction of sp³-hybridized carbons (Fsp3) is 0.267. The predicted molar refractivity (Wildman–Crippen MR) is 157 cm³/mol. The summed E-state index contributed by atoms with van der Waals surface area (Å²) in [4.78, 5) is 27.7. The first-order valence-electron chi connectivity index (χ1n) is 13.1. The van der Waals surface area contributed by atoms with Crippen molar-refractivity contribution < 1.29 is 14.3 Å². The van der Waals surface area contributed by atoms with Gasteiger partial charge in [0.1, 0.15) is 5.75 Å². The number of halogens is 1. The maximum Gasteiger partial charge on any atom is 0.258 e. The van der Waals surface area contributed by atoms with Gasteiger partial charge in [0.05, 0.1) is 18.0 Å². The molecule has 206 valence electrons. The number of aryl methyl sites for hydroxylation is 2. The van der Waals surface area contributed by atoms with Crippen LogP contribution < -0.4 is 15.0 Å². The van der Waals surface area contributed by atoms with Gasteiger partial charge in [0.15, 0.2) is 17.6 Å². The van der Waals surface area contributed by atoms with Crippen LogP contribution in [-0.2, 0) is 22.6 Å². The molecule has 2 amide bonds. The van der Waals surface area contributed by atoms with E-state index < -0.39 is 0 Å². The van der Waals surface area contributed by atoms with E-state index in [-0.39, 0.29) is 30.7 Å². The predicted octanol–water partition coefficient (Wildman–Crippen LogP) is 5.30. The smallest absolute Gasteiger partial charge is 0.258 e. The Morgan fingerprint density at radius 1 is 1.00 bits per heavy atom. The molecule has 1 aliphatic rings. The Labute approximate surface area is 242 Å². The van der Waals surface area contributed by atoms with Crippen molar-refractivity contribution >= 4 is 40.9 Å². The molecule has 0 spiro atoms. The normalized spacial score (nSPS) is 12.6. The molecule has 0 bridgehead atoms. The van der Waals surface area contributed by atoms with Crippen molar-refractivity contribution in [3.8, 4) is 11.4 Å². The molecule has 40 heavy (non-hydrogen) atoms. The van der Waals surface area contributed by atoms with Crippen LogP contribution in [-0.4, -0.2) is 45.5 Å². The molecule has 1 aromatic heterocycles. The standard InChI is InChI=1S/C30H30ClN5O3S/c1-20-7-5-11-25(21(20)2)36-27(17-32-28(37)18-39-24-14-12-23(31)13-15-24)33-34-30(36)40-19-29(38)35-16-6-9-22-8-3-4-10-26(22)35/h3-5,7-8,10-15H,6,9,16-19H2,1-2H3,(H,32,37). The van der Waals surface area contributed by atoms with Gasteiger partial charge in [-0.25, -0.2) is 0 Å². The molecule has 8 nitrogen and oxygen atoms in total. The Bertz CT molecular complexity index is 1520. The number of thioether (sulfide) groups is 1. The zero-order chi connectivity index (χ0) is 28.1. The van der Waals surface area contributed by atoms with Gasteiger partial charge in [0.2, 0.25) is 5.91 Å². The molecule has 0 fully saturated rings. The topological polar surface area (TPSA) is 89.4 Å². The van der Waals surface area contributed by atoms with Crippen molar-refractivity contribution in [2.75, 3.05) is 23.8 Å². The van der Waals surface area contributed by atoms with Gasteiger partial charge in [0.25, 0.3) is 5.91 Å². The lowest BCUT2D eigenvalue weighted by atomic mass is 10.0. The van der Waals surface area contributed by atoms with Gasteiger partial charge in [0, 0.05) is 17.3 Å². The average Bonchev–Trinajstić information content (AvgIpc) is 3.38. The third-order valence-electron chi connectivity index (χ3n) is 6.88. The third kappa shape index (κ3) is 6.32. The summed E-state index contributed by atoms with van der Waals surface area (Å²) in [5, 5.41) is 12.9. The molecule has 4 aromatic rings. The minimum atomic E-state index is -0.293. The van der Waals surface area contributed by atoms with Gasteiger partial charge < -0.3 is 15.0 Å². The molecule has 5 rings (SSSR count). The van der Waals surface area contributed by atoms with Crippen molar-refractivity contribution in [1.29, 1.82) is 0 Å². The molecule has 1 N–H and O–H groups in total. The van der Waals surface area contributed by atoms with Crippen molar-refractivity contribution in [2.45, 2.75) is 38.4 Å². The number of benzene rings is 3. The zero-order valence-electron chi connectivity index (χ0n) is 22.4. The van der Waals surface area contributed by atoms with Crippen LogP contribution in [0.5, 0.6) is 5.75 Å². The molecule has 0 atom stereocenters. The summed E-state index contributed by atoms with van der Waals surface area (Å²) in [5.74, 6) is 1.07. The number of rotatable bonds is 9. The molecule has 2 heterocycles. The van der Waals surface area contributed by atoms with Crippen molar-refractivity contribution in [1.82, 2.24) is 20.1 Å². The number of carbonyl (C=O) groups excluding carboxylic acids is 2. The van der Waals surface area contributed by atoms with Crippen LogP contribution in [0.2, 0.25) is 5.02 Å². The molecule has 0 saturated heterocycles. The van der Waals surface area contributed by atoms with Crippen LogP contribution in [0.4, 0.5) is 5.69 Å². The minimum Gasteiger partial charge on any atom is -0.484 e. The van der Waals surface area contributed by atoms with E-state index >= 15 is 0 Å². The number of carbonyl (C=O) groups is 2. The van der Waals surface area contributed by atoms with E-state index in [1.807, 2.05) is 59.7 Å². The van der Waals surface area contributed by atoms with Gasteiger partial charge in [-0.05, 0) is 79.8 Å². The summed E-state index contributed by atoms with van der Waals surface area (Å²) < 4.78 is 7.48. The Balaban J connectivity index is 1.31. The first-order valence-corrected chi connectivity index (χ1v) is 14.4. The largest absolute Gasteiger partial charge is 0.484 e. The van der Waals surface area contributed by atoms with E-state index in [4.69, 9.17) is 16.3 Å². The quantitative estimate of drug-likeness (QED) is 0.272. The molecule has 1 aliphatic heterocycles. The molecule has 3 aromatic carbocycles. The first-order chi connectivity index (χ1) is 19.4. The SMILES string of the molecule is Cc1cccc(-n2c(CNC(=O)COc3ccc(Cl)cc3)nnc2SCC(=O)N2CCCc3ccccc32)c1C. The summed E-state index contributed by atoms with van der Waals surface area (Å²) in [6.45, 7) is 4.79. The highest BCUT2D eigenvalue weighted by atomic mass is 35.5. The lowest BCUT2D eigenvalue weighted by Gasteiger charge is -2.29. The number of aromatic nitrogens is 3. The number of amides is 2. The maximum absolute atomic E-state index is 13.3. The van der Waals surface area contributed by atoms with Crippen LogP contribution in [0.1, 0.15) is 28.9 Å². The highest BCUT2D eigenvalue weighted by Gasteiger charge is 2.24. The Morgan fingerprint density at radius 2 is 1.77 bits per heavy atom. The molecular weight excluding hydrogens is 546 g/mol. The van der Waals surface area contributed by atoms with Gasteiger partial charge in [-0.2, -0.15) is 0 Å². The number of nitrogens with one attached hydrogen (secondary N) is 1. The van der Waals surface area contributed by atoms with E-state index in [2.05, 4.69) is 21.6 Å². The summed E-state index contributed by atoms with van der Waals surface area (Å²) in [6.07, 6.45) is 1.92. The van der Waals surface area contributed by atoms with Crippen molar-refractivity contribution in [3.63, 3.8) is 0 Å². The summed E-state index contributed by atoms with van der Waals surface area (Å²) in [6, 6.07) is 20.9. The van der Waals surface area contributed by atoms with E-state index in [0.717, 1.165) is 35.3 Å². The minimum absolute atomic E-state index is 0.0295. The second-order valence-electron chi connectivity index (χ2n) is 9.54. The number of anilines is 1. The summed E-state index contributed by atoms with van der Waals surface area (Å²) in [7, 11) is 0. The van der Waals surface area contributed by atoms with Crippen molar-refractivity contribution in [3.05, 3.63) is 94.3 Å². The third-order valence-corrected chi connectivity index (χ3v) is 8.05.